The Kier molecular flexibility index (Phi) is 3.21. The van der Waals surface area contributed by atoms with E-state index in [1.165, 1.54) is 0 Å². The quantitative estimate of drug-likeness (QED) is 0.801. The van der Waals surface area contributed by atoms with Gasteiger partial charge in [-0.1, -0.05) is 0 Å². The topological polar surface area (TPSA) is 34.1 Å². The van der Waals surface area contributed by atoms with Crippen molar-refractivity contribution in [1.82, 2.24) is 10.3 Å². The number of hydrogen-bond donors (Lipinski definition) is 1. The van der Waals surface area contributed by atoms with E-state index in [1.807, 2.05) is 26.0 Å². The average Bonchev–Trinajstić information content (AvgIpc) is 2.17. The van der Waals surface area contributed by atoms with Gasteiger partial charge in [0.25, 0.3) is 0 Å². The molecule has 1 aliphatic heterocycles. The maximum atomic E-state index is 5.94. The fraction of sp³-hybridized carbons (Fsp3) is 0.583. The van der Waals surface area contributed by atoms with E-state index in [0.29, 0.717) is 6.10 Å². The van der Waals surface area contributed by atoms with Gasteiger partial charge in [0.2, 0.25) is 0 Å². The minimum Gasteiger partial charge on any atom is -0.490 e. The van der Waals surface area contributed by atoms with Crippen molar-refractivity contribution >= 4 is 0 Å². The molecule has 0 amide bonds. The lowest BCUT2D eigenvalue weighted by atomic mass is 10.1. The van der Waals surface area contributed by atoms with E-state index in [4.69, 9.17) is 4.74 Å². The van der Waals surface area contributed by atoms with E-state index in [0.717, 1.165) is 43.1 Å². The molecule has 1 N–H and O–H groups in total. The first-order valence-corrected chi connectivity index (χ1v) is 5.57. The number of pyridine rings is 1. The van der Waals surface area contributed by atoms with Crippen LogP contribution in [0.1, 0.15) is 24.2 Å². The van der Waals surface area contributed by atoms with E-state index in [9.17, 15) is 0 Å². The lowest BCUT2D eigenvalue weighted by Gasteiger charge is -2.24. The van der Waals surface area contributed by atoms with Gasteiger partial charge in [-0.05, 0) is 39.8 Å². The first kappa shape index (κ1) is 10.4. The molecule has 1 saturated heterocycles. The van der Waals surface area contributed by atoms with Crippen molar-refractivity contribution in [3.05, 3.63) is 23.5 Å². The Morgan fingerprint density at radius 1 is 1.20 bits per heavy atom. The molecule has 82 valence electrons. The maximum Gasteiger partial charge on any atom is 0.123 e. The lowest BCUT2D eigenvalue weighted by Crippen LogP contribution is -2.34. The minimum atomic E-state index is 0.368. The summed E-state index contributed by atoms with van der Waals surface area (Å²) in [4.78, 5) is 4.34. The fourth-order valence-electron chi connectivity index (χ4n) is 1.97. The number of piperidine rings is 1. The monoisotopic (exact) mass is 206 g/mol. The predicted molar refractivity (Wildman–Crippen MR) is 60.2 cm³/mol. The zero-order valence-corrected chi connectivity index (χ0v) is 9.42. The summed E-state index contributed by atoms with van der Waals surface area (Å²) in [6, 6.07) is 4.02. The molecular formula is C12H18N2O. The predicted octanol–water partition coefficient (Wildman–Crippen LogP) is 1.83. The molecule has 0 radical (unpaired) electrons. The molecule has 1 aromatic heterocycles. The fourth-order valence-corrected chi connectivity index (χ4v) is 1.97. The number of nitrogens with zero attached hydrogens (tertiary/aromatic N) is 1. The third kappa shape index (κ3) is 2.93. The highest BCUT2D eigenvalue weighted by molar-refractivity contribution is 5.26. The maximum absolute atomic E-state index is 5.94. The standard InChI is InChI=1S/C12H18N2O/c1-9-7-12(8-10(2)14-9)15-11-3-5-13-6-4-11/h7-8,11,13H,3-6H2,1-2H3. The van der Waals surface area contributed by atoms with Crippen molar-refractivity contribution in [2.24, 2.45) is 0 Å². The summed E-state index contributed by atoms with van der Waals surface area (Å²) in [6.45, 7) is 6.13. The summed E-state index contributed by atoms with van der Waals surface area (Å²) in [5, 5.41) is 3.33. The van der Waals surface area contributed by atoms with E-state index in [-0.39, 0.29) is 0 Å². The number of aryl methyl sites for hydroxylation is 2. The molecule has 0 saturated carbocycles. The Balaban J connectivity index is 2.02. The van der Waals surface area contributed by atoms with Crippen molar-refractivity contribution in [3.8, 4) is 5.75 Å². The minimum absolute atomic E-state index is 0.368. The van der Waals surface area contributed by atoms with Crippen LogP contribution >= 0.6 is 0 Å². The van der Waals surface area contributed by atoms with Gasteiger partial charge in [0.15, 0.2) is 0 Å². The summed E-state index contributed by atoms with van der Waals surface area (Å²) in [5.41, 5.74) is 2.05. The van der Waals surface area contributed by atoms with Crippen LogP contribution in [0.25, 0.3) is 0 Å². The largest absolute Gasteiger partial charge is 0.490 e. The van der Waals surface area contributed by atoms with Gasteiger partial charge in [0, 0.05) is 23.5 Å². The SMILES string of the molecule is Cc1cc(OC2CCNCC2)cc(C)n1. The molecular weight excluding hydrogens is 188 g/mol. The molecule has 0 atom stereocenters. The molecule has 1 fully saturated rings. The Bertz CT molecular complexity index is 312. The van der Waals surface area contributed by atoms with Crippen LogP contribution in [-0.2, 0) is 0 Å². The molecule has 0 spiro atoms. The van der Waals surface area contributed by atoms with Crippen molar-refractivity contribution in [2.75, 3.05) is 13.1 Å². The van der Waals surface area contributed by atoms with Crippen molar-refractivity contribution in [3.63, 3.8) is 0 Å². The van der Waals surface area contributed by atoms with Crippen LogP contribution in [0.4, 0.5) is 0 Å². The number of rotatable bonds is 2. The highest BCUT2D eigenvalue weighted by atomic mass is 16.5. The number of aromatic nitrogens is 1. The smallest absolute Gasteiger partial charge is 0.123 e. The molecule has 2 rings (SSSR count). The number of nitrogens with one attached hydrogen (secondary N) is 1. The zero-order chi connectivity index (χ0) is 10.7. The highest BCUT2D eigenvalue weighted by Crippen LogP contribution is 2.18. The van der Waals surface area contributed by atoms with Gasteiger partial charge in [0.05, 0.1) is 0 Å². The van der Waals surface area contributed by atoms with Gasteiger partial charge in [-0.25, -0.2) is 0 Å². The zero-order valence-electron chi connectivity index (χ0n) is 9.42. The molecule has 0 aliphatic carbocycles. The normalized spacial score (nSPS) is 17.7. The van der Waals surface area contributed by atoms with Gasteiger partial charge < -0.3 is 10.1 Å². The van der Waals surface area contributed by atoms with E-state index in [1.54, 1.807) is 0 Å². The molecule has 0 unspecified atom stereocenters. The summed E-state index contributed by atoms with van der Waals surface area (Å²) < 4.78 is 5.94. The van der Waals surface area contributed by atoms with Crippen molar-refractivity contribution < 1.29 is 4.74 Å². The number of ether oxygens (including phenoxy) is 1. The highest BCUT2D eigenvalue weighted by Gasteiger charge is 2.14. The Morgan fingerprint density at radius 2 is 1.80 bits per heavy atom. The molecule has 15 heavy (non-hydrogen) atoms. The second kappa shape index (κ2) is 4.62. The van der Waals surface area contributed by atoms with Crippen molar-refractivity contribution in [2.45, 2.75) is 32.8 Å². The average molecular weight is 206 g/mol. The van der Waals surface area contributed by atoms with Gasteiger partial charge in [-0.2, -0.15) is 0 Å². The molecule has 1 aromatic rings. The molecule has 3 nitrogen and oxygen atoms in total. The van der Waals surface area contributed by atoms with Crippen LogP contribution in [0.15, 0.2) is 12.1 Å². The summed E-state index contributed by atoms with van der Waals surface area (Å²) in [5.74, 6) is 0.965. The van der Waals surface area contributed by atoms with E-state index in [2.05, 4.69) is 10.3 Å². The second-order valence-electron chi connectivity index (χ2n) is 4.15. The van der Waals surface area contributed by atoms with Crippen LogP contribution in [0, 0.1) is 13.8 Å². The Hall–Kier alpha value is -1.09. The second-order valence-corrected chi connectivity index (χ2v) is 4.15. The summed E-state index contributed by atoms with van der Waals surface area (Å²) in [7, 11) is 0. The number of hydrogen-bond acceptors (Lipinski definition) is 3. The van der Waals surface area contributed by atoms with Crippen LogP contribution in [-0.4, -0.2) is 24.2 Å². The molecule has 2 heterocycles. The summed E-state index contributed by atoms with van der Waals surface area (Å²) in [6.07, 6.45) is 2.56. The van der Waals surface area contributed by atoms with Crippen LogP contribution in [0.3, 0.4) is 0 Å². The lowest BCUT2D eigenvalue weighted by molar-refractivity contribution is 0.162. The molecule has 1 aliphatic rings. The first-order chi connectivity index (χ1) is 7.24. The Morgan fingerprint density at radius 3 is 2.40 bits per heavy atom. The van der Waals surface area contributed by atoms with Gasteiger partial charge in [-0.3, -0.25) is 4.98 Å². The Labute approximate surface area is 90.9 Å². The van der Waals surface area contributed by atoms with E-state index >= 15 is 0 Å². The van der Waals surface area contributed by atoms with Gasteiger partial charge >= 0.3 is 0 Å². The first-order valence-electron chi connectivity index (χ1n) is 5.57. The molecule has 3 heteroatoms. The van der Waals surface area contributed by atoms with E-state index < -0.39 is 0 Å². The van der Waals surface area contributed by atoms with Crippen LogP contribution in [0.2, 0.25) is 0 Å². The third-order valence-corrected chi connectivity index (χ3v) is 2.64. The van der Waals surface area contributed by atoms with Crippen LogP contribution in [0.5, 0.6) is 5.75 Å². The molecule has 0 aromatic carbocycles. The summed E-state index contributed by atoms with van der Waals surface area (Å²) >= 11 is 0. The third-order valence-electron chi connectivity index (χ3n) is 2.64. The van der Waals surface area contributed by atoms with Gasteiger partial charge in [0.1, 0.15) is 11.9 Å². The molecule has 0 bridgehead atoms. The van der Waals surface area contributed by atoms with Crippen LogP contribution < -0.4 is 10.1 Å². The van der Waals surface area contributed by atoms with Crippen molar-refractivity contribution in [1.29, 1.82) is 0 Å². The van der Waals surface area contributed by atoms with Gasteiger partial charge in [-0.15, -0.1) is 0 Å².